The first-order valence-electron chi connectivity index (χ1n) is 22.6. The highest BCUT2D eigenvalue weighted by Crippen LogP contribution is 2.48. The highest BCUT2D eigenvalue weighted by atomic mass is 35.5. The molecule has 5 aromatic rings. The number of ether oxygens (including phenoxy) is 2. The maximum atomic E-state index is 14.6. The highest BCUT2D eigenvalue weighted by Gasteiger charge is 2.55. The molecule has 2 aliphatic rings. The summed E-state index contributed by atoms with van der Waals surface area (Å²) in [6, 6.07) is 27.0. The molecule has 0 unspecified atom stereocenters. The number of alkyl carbamates (subject to hydrolysis) is 2. The zero-order valence-corrected chi connectivity index (χ0v) is 46.1. The molecule has 4 heterocycles. The van der Waals surface area contributed by atoms with Gasteiger partial charge in [-0.3, -0.25) is 14.5 Å². The van der Waals surface area contributed by atoms with Crippen LogP contribution in [0.2, 0.25) is 4.34 Å². The van der Waals surface area contributed by atoms with Crippen molar-refractivity contribution in [2.75, 3.05) is 36.1 Å². The second-order valence-corrected chi connectivity index (χ2v) is 25.5. The minimum absolute atomic E-state index is 0.0587. The summed E-state index contributed by atoms with van der Waals surface area (Å²) in [6.45, 7) is 11.3. The van der Waals surface area contributed by atoms with Crippen LogP contribution in [0.3, 0.4) is 0 Å². The van der Waals surface area contributed by atoms with Gasteiger partial charge in [0.1, 0.15) is 38.3 Å². The van der Waals surface area contributed by atoms with Crippen LogP contribution in [0.1, 0.15) is 69.6 Å². The SMILES string of the molecule is CC(C)(C)OC(=O)NCCSCc1nc(SCCNC(=O)OC(C)(C)C)sc1SC1=C(C(=O)O)N2C(=O)[C@@H](NC(=O)/C(=N\OC(c3ccccc3)(c3ccccc3)c3ccccc3)c3nc(N)sc3Cl)[C@@H]2SC1. The highest BCUT2D eigenvalue weighted by molar-refractivity contribution is 8.08. The Bertz CT molecular complexity index is 2760. The summed E-state index contributed by atoms with van der Waals surface area (Å²) in [5.74, 6) is -1.19. The molecule has 0 aliphatic carbocycles. The van der Waals surface area contributed by atoms with E-state index >= 15 is 0 Å². The Morgan fingerprint density at radius 1 is 0.836 bits per heavy atom. The van der Waals surface area contributed by atoms with Gasteiger partial charge in [0.2, 0.25) is 5.60 Å². The Labute approximate surface area is 452 Å². The number of rotatable bonds is 20. The van der Waals surface area contributed by atoms with Gasteiger partial charge >= 0.3 is 18.2 Å². The number of nitrogens with one attached hydrogen (secondary N) is 3. The van der Waals surface area contributed by atoms with Crippen LogP contribution < -0.4 is 21.7 Å². The third kappa shape index (κ3) is 14.0. The number of carbonyl (C=O) groups excluding carboxylic acids is 4. The number of amides is 4. The number of carboxylic acids is 1. The van der Waals surface area contributed by atoms with E-state index in [1.54, 1.807) is 41.5 Å². The number of nitrogens with two attached hydrogens (primary N) is 1. The number of carboxylic acid groups (broad SMARTS) is 1. The minimum atomic E-state index is -1.39. The normalized spacial score (nSPS) is 16.0. The van der Waals surface area contributed by atoms with Crippen LogP contribution in [-0.2, 0) is 40.0 Å². The van der Waals surface area contributed by atoms with Gasteiger partial charge in [-0.25, -0.2) is 24.4 Å². The molecule has 386 valence electrons. The number of nitrogen functional groups attached to an aromatic ring is 1. The number of oxime groups is 1. The molecule has 0 radical (unpaired) electrons. The van der Waals surface area contributed by atoms with E-state index < -0.39 is 58.2 Å². The maximum absolute atomic E-state index is 14.6. The summed E-state index contributed by atoms with van der Waals surface area (Å²) < 4.78 is 12.2. The largest absolute Gasteiger partial charge is 0.477 e. The molecule has 1 fully saturated rings. The lowest BCUT2D eigenvalue weighted by Gasteiger charge is -2.49. The Hall–Kier alpha value is -5.43. The molecule has 7 rings (SSSR count). The molecule has 2 atom stereocenters. The second kappa shape index (κ2) is 24.3. The van der Waals surface area contributed by atoms with E-state index in [-0.39, 0.29) is 32.3 Å². The third-order valence-corrected chi connectivity index (χ3v) is 17.3. The molecule has 0 bridgehead atoms. The fraction of sp³-hybridized carbons (Fsp3) is 0.347. The van der Waals surface area contributed by atoms with Crippen LogP contribution in [-0.4, -0.2) is 109 Å². The van der Waals surface area contributed by atoms with Gasteiger partial charge in [0.15, 0.2) is 15.2 Å². The first-order valence-corrected chi connectivity index (χ1v) is 28.6. The van der Waals surface area contributed by atoms with Crippen LogP contribution in [0.4, 0.5) is 14.7 Å². The number of hydrogen-bond donors (Lipinski definition) is 5. The number of thiazole rings is 2. The van der Waals surface area contributed by atoms with Crippen molar-refractivity contribution in [2.24, 2.45) is 5.16 Å². The van der Waals surface area contributed by atoms with Gasteiger partial charge in [-0.15, -0.1) is 23.1 Å². The maximum Gasteiger partial charge on any atom is 0.407 e. The van der Waals surface area contributed by atoms with Gasteiger partial charge in [0.05, 0.1) is 9.90 Å². The smallest absolute Gasteiger partial charge is 0.407 e. The molecule has 0 spiro atoms. The average Bonchev–Trinajstić information content (AvgIpc) is 3.89. The van der Waals surface area contributed by atoms with E-state index in [0.717, 1.165) is 15.5 Å². The van der Waals surface area contributed by atoms with Gasteiger partial charge in [-0.2, -0.15) is 11.8 Å². The molecule has 0 saturated carbocycles. The van der Waals surface area contributed by atoms with Crippen LogP contribution in [0.5, 0.6) is 0 Å². The van der Waals surface area contributed by atoms with Crippen molar-refractivity contribution in [1.82, 2.24) is 30.8 Å². The fourth-order valence-corrected chi connectivity index (χ4v) is 14.3. The average molecular weight is 1130 g/mol. The third-order valence-electron chi connectivity index (χ3n) is 10.3. The number of aromatic nitrogens is 2. The molecule has 1 saturated heterocycles. The molecule has 2 aromatic heterocycles. The van der Waals surface area contributed by atoms with Crippen molar-refractivity contribution in [1.29, 1.82) is 0 Å². The molecule has 2 aliphatic heterocycles. The van der Waals surface area contributed by atoms with E-state index in [4.69, 9.17) is 36.6 Å². The summed E-state index contributed by atoms with van der Waals surface area (Å²) >= 11 is 14.4. The van der Waals surface area contributed by atoms with Gasteiger partial charge in [-0.05, 0) is 41.5 Å². The number of fused-ring (bicyclic) bond motifs is 1. The lowest BCUT2D eigenvalue weighted by atomic mass is 9.80. The van der Waals surface area contributed by atoms with Crippen LogP contribution >= 0.6 is 81.3 Å². The van der Waals surface area contributed by atoms with Crippen LogP contribution in [0, 0.1) is 0 Å². The summed E-state index contributed by atoms with van der Waals surface area (Å²) in [5.41, 5.74) is 5.57. The minimum Gasteiger partial charge on any atom is -0.477 e. The molecule has 17 nitrogen and oxygen atoms in total. The Kier molecular flexibility index (Phi) is 18.4. The van der Waals surface area contributed by atoms with E-state index in [0.29, 0.717) is 62.0 Å². The number of aliphatic carboxylic acids is 1. The molecule has 24 heteroatoms. The van der Waals surface area contributed by atoms with E-state index in [1.807, 2.05) is 91.0 Å². The van der Waals surface area contributed by atoms with Crippen molar-refractivity contribution in [3.05, 3.63) is 134 Å². The first kappa shape index (κ1) is 55.3. The van der Waals surface area contributed by atoms with E-state index in [2.05, 4.69) is 26.1 Å². The van der Waals surface area contributed by atoms with Gasteiger partial charge < -0.3 is 41.1 Å². The topological polar surface area (TPSA) is 237 Å². The summed E-state index contributed by atoms with van der Waals surface area (Å²) in [7, 11) is 0. The number of hydrogen-bond acceptors (Lipinski definition) is 18. The monoisotopic (exact) mass is 1120 g/mol. The molecule has 4 amide bonds. The van der Waals surface area contributed by atoms with Crippen molar-refractivity contribution in [3.8, 4) is 0 Å². The first-order chi connectivity index (χ1) is 34.7. The summed E-state index contributed by atoms with van der Waals surface area (Å²) in [5, 5.41) is 22.8. The zero-order valence-electron chi connectivity index (χ0n) is 40.5. The predicted molar refractivity (Wildman–Crippen MR) is 291 cm³/mol. The number of halogens is 1. The molecule has 73 heavy (non-hydrogen) atoms. The molecule has 3 aromatic carbocycles. The van der Waals surface area contributed by atoms with Gasteiger partial charge in [0, 0.05) is 57.7 Å². The Morgan fingerprint density at radius 2 is 1.38 bits per heavy atom. The van der Waals surface area contributed by atoms with Crippen LogP contribution in [0.15, 0.2) is 115 Å². The van der Waals surface area contributed by atoms with Crippen molar-refractivity contribution < 1.29 is 43.4 Å². The van der Waals surface area contributed by atoms with Crippen molar-refractivity contribution in [2.45, 2.75) is 84.1 Å². The van der Waals surface area contributed by atoms with E-state index in [1.165, 1.54) is 63.3 Å². The van der Waals surface area contributed by atoms with E-state index in [9.17, 15) is 29.1 Å². The predicted octanol–water partition coefficient (Wildman–Crippen LogP) is 9.41. The number of anilines is 1. The Morgan fingerprint density at radius 3 is 1.89 bits per heavy atom. The molecular weight excluding hydrogens is 1070 g/mol. The van der Waals surface area contributed by atoms with Crippen molar-refractivity contribution in [3.63, 3.8) is 0 Å². The van der Waals surface area contributed by atoms with Crippen molar-refractivity contribution >= 4 is 122 Å². The van der Waals surface area contributed by atoms with Gasteiger partial charge in [0.25, 0.3) is 11.8 Å². The van der Waals surface area contributed by atoms with Gasteiger partial charge in [-0.1, -0.05) is 143 Å². The number of nitrogens with zero attached hydrogens (tertiary/aromatic N) is 4. The lowest BCUT2D eigenvalue weighted by molar-refractivity contribution is -0.150. The zero-order chi connectivity index (χ0) is 52.5. The van der Waals surface area contributed by atoms with Crippen LogP contribution in [0.25, 0.3) is 0 Å². The summed E-state index contributed by atoms with van der Waals surface area (Å²) in [4.78, 5) is 83.8. The fourth-order valence-electron chi connectivity index (χ4n) is 7.30. The molecular formula is C49H53ClN8O9S6. The lowest BCUT2D eigenvalue weighted by Crippen LogP contribution is -2.71. The summed E-state index contributed by atoms with van der Waals surface area (Å²) in [6.07, 6.45) is -1.06. The standard InChI is InChI=1S/C49H53ClN8O9S6/c1-47(2,3)65-44(63)52-22-24-68-26-31-42(73-46(54-31)69-25-23-53-45(64)66-48(4,5)6)71-32-27-70-40-35(39(60)58(40)36(32)41(61)62)55-38(59)34(33-37(50)72-43(51)56-33)57-67-49(28-16-10-7-11-17-28,29-18-12-8-13-19-29)30-20-14-9-15-21-30/h7-21,35,40H,22-27H2,1-6H3,(H2,51,56)(H,52,63)(H,53,64)(H,55,59)(H,61,62)/b57-34-/t35-,40+/m1/s1. The number of thioether (sulfide) groups is 4. The number of carbonyl (C=O) groups is 5. The number of benzene rings is 3. The molecule has 6 N–H and O–H groups in total. The quantitative estimate of drug-likeness (QED) is 0.0122. The second-order valence-electron chi connectivity index (χ2n) is 18.0. The Balaban J connectivity index is 1.12. The number of β-lactam (4-membered cyclic amide) rings is 1.